The van der Waals surface area contributed by atoms with Gasteiger partial charge in [-0.05, 0) is 24.0 Å². The van der Waals surface area contributed by atoms with Gasteiger partial charge in [-0.15, -0.1) is 0 Å². The number of nitrogens with one attached hydrogen (secondary N) is 1. The van der Waals surface area contributed by atoms with Crippen LogP contribution in [0.5, 0.6) is 0 Å². The van der Waals surface area contributed by atoms with Gasteiger partial charge in [-0.3, -0.25) is 9.59 Å². The van der Waals surface area contributed by atoms with E-state index in [1.54, 1.807) is 29.2 Å². The van der Waals surface area contributed by atoms with Crippen molar-refractivity contribution in [1.82, 2.24) is 10.2 Å². The maximum absolute atomic E-state index is 12.7. The number of aliphatic hydroxyl groups excluding tert-OH is 1. The van der Waals surface area contributed by atoms with Gasteiger partial charge < -0.3 is 15.3 Å². The molecule has 5 heteroatoms. The van der Waals surface area contributed by atoms with E-state index in [1.807, 2.05) is 36.4 Å². The minimum absolute atomic E-state index is 0.0938. The molecule has 2 aromatic carbocycles. The fourth-order valence-corrected chi connectivity index (χ4v) is 3.07. The molecule has 1 fully saturated rings. The number of benzene rings is 2. The van der Waals surface area contributed by atoms with Gasteiger partial charge in [-0.2, -0.15) is 0 Å². The first-order chi connectivity index (χ1) is 12.1. The number of hydrogen-bond acceptors (Lipinski definition) is 3. The van der Waals surface area contributed by atoms with Gasteiger partial charge in [-0.25, -0.2) is 0 Å². The van der Waals surface area contributed by atoms with Crippen LogP contribution < -0.4 is 5.32 Å². The Morgan fingerprint density at radius 2 is 1.76 bits per heavy atom. The van der Waals surface area contributed by atoms with Crippen LogP contribution in [0.1, 0.15) is 30.1 Å². The molecule has 2 N–H and O–H groups in total. The molecule has 1 aliphatic heterocycles. The summed E-state index contributed by atoms with van der Waals surface area (Å²) in [5.74, 6) is -0.630. The summed E-state index contributed by atoms with van der Waals surface area (Å²) in [6, 6.07) is 17.9. The molecule has 0 spiro atoms. The van der Waals surface area contributed by atoms with Gasteiger partial charge in [0.25, 0.3) is 5.91 Å². The van der Waals surface area contributed by atoms with Crippen molar-refractivity contribution in [3.8, 4) is 0 Å². The second-order valence-corrected chi connectivity index (χ2v) is 6.26. The van der Waals surface area contributed by atoms with Crippen molar-refractivity contribution in [2.75, 3.05) is 6.54 Å². The van der Waals surface area contributed by atoms with Gasteiger partial charge in [0.1, 0.15) is 6.04 Å². The fraction of sp³-hybridized carbons (Fsp3) is 0.300. The number of hydrogen-bond donors (Lipinski definition) is 2. The summed E-state index contributed by atoms with van der Waals surface area (Å²) >= 11 is 0. The molecule has 1 heterocycles. The van der Waals surface area contributed by atoms with Crippen LogP contribution in [0.3, 0.4) is 0 Å². The van der Waals surface area contributed by atoms with Gasteiger partial charge in [0.2, 0.25) is 5.91 Å². The van der Waals surface area contributed by atoms with E-state index in [0.717, 1.165) is 12.0 Å². The number of aliphatic hydroxyl groups is 1. The molecule has 0 aromatic heterocycles. The Kier molecular flexibility index (Phi) is 5.46. The lowest BCUT2D eigenvalue weighted by Crippen LogP contribution is -2.52. The zero-order valence-corrected chi connectivity index (χ0v) is 14.0. The average Bonchev–Trinajstić information content (AvgIpc) is 2.66. The van der Waals surface area contributed by atoms with Crippen LogP contribution in [-0.2, 0) is 16.1 Å². The van der Waals surface area contributed by atoms with Crippen LogP contribution in [0.4, 0.5) is 0 Å². The minimum Gasteiger partial charge on any atom is -0.378 e. The summed E-state index contributed by atoms with van der Waals surface area (Å²) in [6.45, 7) is 1.22. The monoisotopic (exact) mass is 338 g/mol. The summed E-state index contributed by atoms with van der Waals surface area (Å²) in [5.41, 5.74) is 1.58. The molecule has 3 rings (SSSR count). The van der Waals surface area contributed by atoms with Crippen molar-refractivity contribution in [1.29, 1.82) is 0 Å². The largest absolute Gasteiger partial charge is 0.378 e. The van der Waals surface area contributed by atoms with Crippen molar-refractivity contribution in [2.45, 2.75) is 31.5 Å². The van der Waals surface area contributed by atoms with Gasteiger partial charge in [0.05, 0.1) is 0 Å². The van der Waals surface area contributed by atoms with Crippen molar-refractivity contribution >= 4 is 11.8 Å². The predicted molar refractivity (Wildman–Crippen MR) is 94.4 cm³/mol. The summed E-state index contributed by atoms with van der Waals surface area (Å²) in [4.78, 5) is 26.7. The molecule has 2 aromatic rings. The summed E-state index contributed by atoms with van der Waals surface area (Å²) in [5, 5.41) is 12.9. The Bertz CT molecular complexity index is 718. The fourth-order valence-electron chi connectivity index (χ4n) is 3.07. The maximum atomic E-state index is 12.7. The van der Waals surface area contributed by atoms with E-state index in [0.29, 0.717) is 25.1 Å². The zero-order chi connectivity index (χ0) is 17.6. The Labute approximate surface area is 147 Å². The molecule has 1 saturated heterocycles. The summed E-state index contributed by atoms with van der Waals surface area (Å²) in [6.07, 6.45) is 0.154. The number of nitrogens with zero attached hydrogens (tertiary/aromatic N) is 1. The molecule has 2 amide bonds. The number of amides is 2. The second kappa shape index (κ2) is 7.94. The van der Waals surface area contributed by atoms with E-state index >= 15 is 0 Å². The first kappa shape index (κ1) is 17.2. The number of piperidine rings is 1. The quantitative estimate of drug-likeness (QED) is 0.876. The number of carbonyl (C=O) groups excluding carboxylic acids is 2. The van der Waals surface area contributed by atoms with E-state index in [4.69, 9.17) is 0 Å². The van der Waals surface area contributed by atoms with Gasteiger partial charge in [-0.1, -0.05) is 60.7 Å². The molecule has 1 aliphatic rings. The van der Waals surface area contributed by atoms with E-state index in [2.05, 4.69) is 5.32 Å². The number of rotatable bonds is 5. The maximum Gasteiger partial charge on any atom is 0.254 e. The highest BCUT2D eigenvalue weighted by Gasteiger charge is 2.31. The SMILES string of the molecule is O=C(N[C@@H]1CCCN(Cc2ccccc2)C1=O)[C@H](O)c1ccccc1. The third kappa shape index (κ3) is 4.25. The molecule has 2 atom stereocenters. The highest BCUT2D eigenvalue weighted by molar-refractivity contribution is 5.90. The van der Waals surface area contributed by atoms with E-state index in [9.17, 15) is 14.7 Å². The Morgan fingerprint density at radius 1 is 1.12 bits per heavy atom. The third-order valence-electron chi connectivity index (χ3n) is 4.43. The van der Waals surface area contributed by atoms with Crippen molar-refractivity contribution < 1.29 is 14.7 Å². The van der Waals surface area contributed by atoms with Crippen LogP contribution in [0.25, 0.3) is 0 Å². The van der Waals surface area contributed by atoms with E-state index in [-0.39, 0.29) is 5.91 Å². The number of carbonyl (C=O) groups is 2. The molecular weight excluding hydrogens is 316 g/mol. The molecule has 0 aliphatic carbocycles. The van der Waals surface area contributed by atoms with Crippen LogP contribution in [0.15, 0.2) is 60.7 Å². The Balaban J connectivity index is 1.62. The topological polar surface area (TPSA) is 69.6 Å². The lowest BCUT2D eigenvalue weighted by Gasteiger charge is -2.33. The van der Waals surface area contributed by atoms with Gasteiger partial charge in [0, 0.05) is 13.1 Å². The normalized spacial score (nSPS) is 18.7. The average molecular weight is 338 g/mol. The Hall–Kier alpha value is -2.66. The predicted octanol–water partition coefficient (Wildman–Crippen LogP) is 2.03. The van der Waals surface area contributed by atoms with Crippen LogP contribution in [0.2, 0.25) is 0 Å². The molecule has 0 unspecified atom stereocenters. The van der Waals surface area contributed by atoms with Crippen molar-refractivity contribution in [3.05, 3.63) is 71.8 Å². The van der Waals surface area contributed by atoms with Gasteiger partial charge in [0.15, 0.2) is 6.10 Å². The molecule has 0 bridgehead atoms. The first-order valence-corrected chi connectivity index (χ1v) is 8.51. The molecule has 5 nitrogen and oxygen atoms in total. The smallest absolute Gasteiger partial charge is 0.254 e. The number of likely N-dealkylation sites (tertiary alicyclic amines) is 1. The lowest BCUT2D eigenvalue weighted by atomic mass is 10.0. The van der Waals surface area contributed by atoms with Crippen molar-refractivity contribution in [2.24, 2.45) is 0 Å². The second-order valence-electron chi connectivity index (χ2n) is 6.26. The van der Waals surface area contributed by atoms with Crippen LogP contribution in [0, 0.1) is 0 Å². The highest BCUT2D eigenvalue weighted by atomic mass is 16.3. The molecule has 130 valence electrons. The summed E-state index contributed by atoms with van der Waals surface area (Å²) < 4.78 is 0. The molecule has 0 saturated carbocycles. The minimum atomic E-state index is -1.27. The molecular formula is C20H22N2O3. The van der Waals surface area contributed by atoms with E-state index < -0.39 is 18.1 Å². The molecule has 25 heavy (non-hydrogen) atoms. The van der Waals surface area contributed by atoms with Crippen molar-refractivity contribution in [3.63, 3.8) is 0 Å². The Morgan fingerprint density at radius 3 is 2.44 bits per heavy atom. The van der Waals surface area contributed by atoms with Crippen LogP contribution in [-0.4, -0.2) is 34.4 Å². The first-order valence-electron chi connectivity index (χ1n) is 8.51. The standard InChI is InChI=1S/C20H22N2O3/c23-18(16-10-5-2-6-11-16)19(24)21-17-12-7-13-22(20(17)25)14-15-8-3-1-4-9-15/h1-6,8-11,17-18,23H,7,12-14H2,(H,21,24)/t17-,18-/m1/s1. The van der Waals surface area contributed by atoms with Gasteiger partial charge >= 0.3 is 0 Å². The summed E-state index contributed by atoms with van der Waals surface area (Å²) in [7, 11) is 0. The van der Waals surface area contributed by atoms with Crippen LogP contribution >= 0.6 is 0 Å². The lowest BCUT2D eigenvalue weighted by molar-refractivity contribution is -0.141. The zero-order valence-electron chi connectivity index (χ0n) is 14.0. The third-order valence-corrected chi connectivity index (χ3v) is 4.43. The molecule has 0 radical (unpaired) electrons. The van der Waals surface area contributed by atoms with E-state index in [1.165, 1.54) is 0 Å². The highest BCUT2D eigenvalue weighted by Crippen LogP contribution is 2.17.